The predicted molar refractivity (Wildman–Crippen MR) is 32.3 cm³/mol. The molecule has 2 N–H and O–H groups in total. The lowest BCUT2D eigenvalue weighted by atomic mass is 10.5. The Hall–Kier alpha value is -1.33. The van der Waals surface area contributed by atoms with E-state index in [0.717, 1.165) is 0 Å². The molecular weight excluding hydrogens is 152 g/mol. The Labute approximate surface area is 61.8 Å². The molecule has 0 spiro atoms. The van der Waals surface area contributed by atoms with Crippen LogP contribution in [0.4, 0.5) is 0 Å². The Morgan fingerprint density at radius 2 is 2.36 bits per heavy atom. The van der Waals surface area contributed by atoms with E-state index in [0.29, 0.717) is 0 Å². The molecule has 1 rings (SSSR count). The lowest BCUT2D eigenvalue weighted by Gasteiger charge is -2.01. The summed E-state index contributed by atoms with van der Waals surface area (Å²) in [5, 5.41) is 16.4. The van der Waals surface area contributed by atoms with Crippen LogP contribution in [0.1, 0.15) is 10.6 Å². The molecular formula is C6H6O5. The first-order valence-corrected chi connectivity index (χ1v) is 2.81. The molecule has 5 nitrogen and oxygen atoms in total. The number of ether oxygens (including phenoxy) is 1. The molecule has 0 saturated carbocycles. The van der Waals surface area contributed by atoms with E-state index in [4.69, 9.17) is 10.2 Å². The number of aliphatic hydroxyl groups excluding tert-OH is 1. The van der Waals surface area contributed by atoms with Crippen LogP contribution in [0.15, 0.2) is 22.8 Å². The predicted octanol–water partition coefficient (Wildman–Crippen LogP) is -0.295. The molecule has 5 heteroatoms. The largest absolute Gasteiger partial charge is 0.457 e. The number of hydrogen-bond donors (Lipinski definition) is 2. The van der Waals surface area contributed by atoms with Gasteiger partial charge in [-0.25, -0.2) is 4.79 Å². The van der Waals surface area contributed by atoms with Gasteiger partial charge in [-0.15, -0.1) is 0 Å². The van der Waals surface area contributed by atoms with Gasteiger partial charge >= 0.3 is 12.4 Å². The average molecular weight is 158 g/mol. The van der Waals surface area contributed by atoms with Gasteiger partial charge in [0.15, 0.2) is 0 Å². The van der Waals surface area contributed by atoms with E-state index in [1.165, 1.54) is 18.4 Å². The van der Waals surface area contributed by atoms with Gasteiger partial charge in [-0.3, -0.25) is 0 Å². The number of furan rings is 1. The van der Waals surface area contributed by atoms with E-state index in [2.05, 4.69) is 9.15 Å². The Morgan fingerprint density at radius 1 is 1.64 bits per heavy atom. The molecule has 0 amide bonds. The maximum Gasteiger partial charge on any atom is 0.378 e. The highest BCUT2D eigenvalue weighted by atomic mass is 16.8. The number of rotatable bonds is 2. The summed E-state index contributed by atoms with van der Waals surface area (Å²) < 4.78 is 8.57. The number of aliphatic hydroxyl groups is 2. The topological polar surface area (TPSA) is 79.9 Å². The zero-order chi connectivity index (χ0) is 8.27. The fourth-order valence-electron chi connectivity index (χ4n) is 0.549. The fraction of sp³-hybridized carbons (Fsp3) is 0.167. The second-order valence-corrected chi connectivity index (χ2v) is 1.71. The summed E-state index contributed by atoms with van der Waals surface area (Å²) in [5.41, 5.74) is 0. The van der Waals surface area contributed by atoms with Crippen LogP contribution in [0.25, 0.3) is 0 Å². The van der Waals surface area contributed by atoms with Crippen molar-refractivity contribution in [2.45, 2.75) is 6.48 Å². The fourth-order valence-corrected chi connectivity index (χ4v) is 0.549. The first kappa shape index (κ1) is 7.77. The highest BCUT2D eigenvalue weighted by Gasteiger charge is 2.12. The molecule has 0 bridgehead atoms. The SMILES string of the molecule is O=C(OC(O)O)c1ccco1. The van der Waals surface area contributed by atoms with Gasteiger partial charge in [0.1, 0.15) is 0 Å². The van der Waals surface area contributed by atoms with Crippen LogP contribution in [-0.2, 0) is 4.74 Å². The number of esters is 1. The summed E-state index contributed by atoms with van der Waals surface area (Å²) in [4.78, 5) is 10.7. The Bertz CT molecular complexity index is 225. The van der Waals surface area contributed by atoms with Crippen molar-refractivity contribution < 1.29 is 24.2 Å². The van der Waals surface area contributed by atoms with E-state index in [1.54, 1.807) is 0 Å². The molecule has 0 saturated heterocycles. The molecule has 0 fully saturated rings. The summed E-state index contributed by atoms with van der Waals surface area (Å²) in [6.45, 7) is -2.10. The average Bonchev–Trinajstić information content (AvgIpc) is 2.35. The van der Waals surface area contributed by atoms with Gasteiger partial charge in [-0.2, -0.15) is 0 Å². The van der Waals surface area contributed by atoms with Crippen LogP contribution < -0.4 is 0 Å². The van der Waals surface area contributed by atoms with Crippen molar-refractivity contribution in [3.63, 3.8) is 0 Å². The van der Waals surface area contributed by atoms with Crippen molar-refractivity contribution in [1.82, 2.24) is 0 Å². The van der Waals surface area contributed by atoms with Crippen LogP contribution >= 0.6 is 0 Å². The first-order chi connectivity index (χ1) is 5.20. The van der Waals surface area contributed by atoms with Gasteiger partial charge in [-0.1, -0.05) is 0 Å². The lowest BCUT2D eigenvalue weighted by molar-refractivity contribution is -0.201. The molecule has 60 valence electrons. The number of carbonyl (C=O) groups is 1. The summed E-state index contributed by atoms with van der Waals surface area (Å²) in [6, 6.07) is 2.84. The van der Waals surface area contributed by atoms with Gasteiger partial charge in [0.2, 0.25) is 5.76 Å². The minimum Gasteiger partial charge on any atom is -0.457 e. The van der Waals surface area contributed by atoms with Gasteiger partial charge in [0.25, 0.3) is 0 Å². The standard InChI is InChI=1S/C6H6O5/c7-5(11-6(8)9)4-2-1-3-10-4/h1-3,6,8-9H. The zero-order valence-electron chi connectivity index (χ0n) is 5.43. The highest BCUT2D eigenvalue weighted by Crippen LogP contribution is 2.02. The van der Waals surface area contributed by atoms with E-state index < -0.39 is 12.4 Å². The van der Waals surface area contributed by atoms with Crippen LogP contribution in [0.2, 0.25) is 0 Å². The van der Waals surface area contributed by atoms with Crippen molar-refractivity contribution in [2.75, 3.05) is 0 Å². The van der Waals surface area contributed by atoms with Crippen LogP contribution in [0.3, 0.4) is 0 Å². The molecule has 1 heterocycles. The van der Waals surface area contributed by atoms with Gasteiger partial charge in [0.05, 0.1) is 6.26 Å². The van der Waals surface area contributed by atoms with Gasteiger partial charge in [-0.05, 0) is 12.1 Å². The molecule has 0 radical (unpaired) electrons. The highest BCUT2D eigenvalue weighted by molar-refractivity contribution is 5.86. The minimum atomic E-state index is -2.10. The maximum atomic E-state index is 10.7. The summed E-state index contributed by atoms with van der Waals surface area (Å²) in [7, 11) is 0. The molecule has 11 heavy (non-hydrogen) atoms. The van der Waals surface area contributed by atoms with Crippen molar-refractivity contribution in [3.05, 3.63) is 24.2 Å². The molecule has 0 aliphatic carbocycles. The molecule has 0 aliphatic rings. The molecule has 0 atom stereocenters. The maximum absolute atomic E-state index is 10.7. The van der Waals surface area contributed by atoms with Crippen LogP contribution in [-0.4, -0.2) is 22.7 Å². The van der Waals surface area contributed by atoms with E-state index in [-0.39, 0.29) is 5.76 Å². The Morgan fingerprint density at radius 3 is 2.82 bits per heavy atom. The smallest absolute Gasteiger partial charge is 0.378 e. The molecule has 0 aromatic carbocycles. The second kappa shape index (κ2) is 3.18. The van der Waals surface area contributed by atoms with Crippen molar-refractivity contribution in [3.8, 4) is 0 Å². The monoisotopic (exact) mass is 158 g/mol. The first-order valence-electron chi connectivity index (χ1n) is 2.81. The van der Waals surface area contributed by atoms with Crippen molar-refractivity contribution >= 4 is 5.97 Å². The summed E-state index contributed by atoms with van der Waals surface area (Å²) >= 11 is 0. The third kappa shape index (κ3) is 2.06. The quantitative estimate of drug-likeness (QED) is 0.456. The van der Waals surface area contributed by atoms with Crippen LogP contribution in [0.5, 0.6) is 0 Å². The van der Waals surface area contributed by atoms with Gasteiger partial charge < -0.3 is 19.4 Å². The Kier molecular flexibility index (Phi) is 2.25. The molecule has 1 aromatic rings. The minimum absolute atomic E-state index is 0.0712. The molecule has 1 aromatic heterocycles. The third-order valence-corrected chi connectivity index (χ3v) is 0.935. The van der Waals surface area contributed by atoms with E-state index >= 15 is 0 Å². The molecule has 0 unspecified atom stereocenters. The van der Waals surface area contributed by atoms with E-state index in [9.17, 15) is 4.79 Å². The van der Waals surface area contributed by atoms with Crippen molar-refractivity contribution in [1.29, 1.82) is 0 Å². The Balaban J connectivity index is 2.57. The summed E-state index contributed by atoms with van der Waals surface area (Å²) in [6.07, 6.45) is 1.28. The number of carbonyl (C=O) groups excluding carboxylic acids is 1. The lowest BCUT2D eigenvalue weighted by Crippen LogP contribution is -2.15. The normalized spacial score (nSPS) is 10.1. The number of hydrogen-bond acceptors (Lipinski definition) is 5. The van der Waals surface area contributed by atoms with Crippen LogP contribution in [0, 0.1) is 0 Å². The molecule has 0 aliphatic heterocycles. The summed E-state index contributed by atoms with van der Waals surface area (Å²) in [5.74, 6) is -0.983. The second-order valence-electron chi connectivity index (χ2n) is 1.71. The third-order valence-electron chi connectivity index (χ3n) is 0.935. The zero-order valence-corrected chi connectivity index (χ0v) is 5.43. The van der Waals surface area contributed by atoms with E-state index in [1.807, 2.05) is 0 Å². The van der Waals surface area contributed by atoms with Gasteiger partial charge in [0, 0.05) is 0 Å². The van der Waals surface area contributed by atoms with Crippen molar-refractivity contribution in [2.24, 2.45) is 0 Å².